The molecule has 3 fully saturated rings. The molecule has 2 aliphatic carbocycles. The molecule has 20 heteroatoms. The number of Topliss-reactive ketones (excluding diaryl/α,β-unsaturated/α-hetero) is 1. The molecule has 2 aromatic rings. The van der Waals surface area contributed by atoms with Gasteiger partial charge in [-0.25, -0.2) is 22.4 Å². The molecule has 3 heterocycles. The van der Waals surface area contributed by atoms with Gasteiger partial charge in [-0.2, -0.15) is 0 Å². The van der Waals surface area contributed by atoms with E-state index in [0.29, 0.717) is 24.0 Å². The molecule has 0 bridgehead atoms. The number of alkyl carbamates (subject to hydrolysis) is 1. The van der Waals surface area contributed by atoms with Gasteiger partial charge in [-0.3, -0.25) is 33.6 Å². The number of rotatable bonds is 13. The highest BCUT2D eigenvalue weighted by molar-refractivity contribution is 7.91. The van der Waals surface area contributed by atoms with E-state index in [1.807, 2.05) is 0 Å². The number of likely N-dealkylation sites (tertiary alicyclic amines) is 1. The van der Waals surface area contributed by atoms with Gasteiger partial charge in [-0.1, -0.05) is 18.2 Å². The molecule has 1 aromatic heterocycles. The lowest BCUT2D eigenvalue weighted by atomic mass is 10.1. The van der Waals surface area contributed by atoms with Gasteiger partial charge in [-0.05, 0) is 58.6 Å². The lowest BCUT2D eigenvalue weighted by Crippen LogP contribution is -2.59. The van der Waals surface area contributed by atoms with Crippen LogP contribution in [0.1, 0.15) is 91.2 Å². The molecule has 6 amide bonds. The van der Waals surface area contributed by atoms with Crippen molar-refractivity contribution in [3.63, 3.8) is 0 Å². The van der Waals surface area contributed by atoms with Gasteiger partial charge in [0.25, 0.3) is 11.8 Å². The number of nitrogens with one attached hydrogen (secondary N) is 4. The summed E-state index contributed by atoms with van der Waals surface area (Å²) in [6, 6.07) is 2.63. The second-order valence-electron chi connectivity index (χ2n) is 16.2. The van der Waals surface area contributed by atoms with Gasteiger partial charge < -0.3 is 34.7 Å². The standard InChI is InChI=1S/C39H47FN6O12S/c1-7-23-15-39(23,35(51)44-59(54,55)25-11-12-25)43-33(49)30-13-24(57-37(53)45-17-22-9-8-10-28(40)27(22)19-45)18-46(30)34(50)29(42-36(52)58-38(4,5)6)16-41-32(48)26-14-31(20(2)47)56-21(26)3/h7-10,14,23-25,29-30H,1,11-13,15-19H2,2-6H3,(H,41,48)(H,42,52)(H,43,49)(H,44,51)/t23?,24-,29+,30+,39-/m1/s1. The number of hydrogen-bond acceptors (Lipinski definition) is 12. The molecule has 1 aromatic carbocycles. The normalized spacial score (nSPS) is 22.7. The summed E-state index contributed by atoms with van der Waals surface area (Å²) in [5, 5.41) is 6.88. The van der Waals surface area contributed by atoms with Crippen molar-refractivity contribution in [3.05, 3.63) is 70.9 Å². The second-order valence-corrected chi connectivity index (χ2v) is 18.2. The van der Waals surface area contributed by atoms with Crippen LogP contribution in [-0.2, 0) is 47.0 Å². The Morgan fingerprint density at radius 1 is 1.12 bits per heavy atom. The number of fused-ring (bicyclic) bond motifs is 1. The lowest BCUT2D eigenvalue weighted by Gasteiger charge is -2.30. The number of nitrogens with zero attached hydrogens (tertiary/aromatic N) is 2. The monoisotopic (exact) mass is 842 g/mol. The van der Waals surface area contributed by atoms with Crippen LogP contribution in [0.3, 0.4) is 0 Å². The van der Waals surface area contributed by atoms with Crippen LogP contribution in [0.5, 0.6) is 0 Å². The fourth-order valence-corrected chi connectivity index (χ4v) is 8.51. The summed E-state index contributed by atoms with van der Waals surface area (Å²) >= 11 is 0. The van der Waals surface area contributed by atoms with Gasteiger partial charge in [-0.15, -0.1) is 6.58 Å². The summed E-state index contributed by atoms with van der Waals surface area (Å²) in [6.07, 6.45) is -1.18. The molecular formula is C39H47FN6O12S. The molecule has 2 saturated carbocycles. The number of aryl methyl sites for hydroxylation is 1. The minimum atomic E-state index is -4.01. The number of halogens is 1. The van der Waals surface area contributed by atoms with Gasteiger partial charge in [0.1, 0.15) is 40.9 Å². The maximum atomic E-state index is 14.5. The molecule has 4 N–H and O–H groups in total. The molecule has 0 radical (unpaired) electrons. The van der Waals surface area contributed by atoms with Crippen LogP contribution in [0.15, 0.2) is 41.3 Å². The van der Waals surface area contributed by atoms with Crippen LogP contribution >= 0.6 is 0 Å². The van der Waals surface area contributed by atoms with E-state index in [0.717, 1.165) is 4.90 Å². The molecule has 59 heavy (non-hydrogen) atoms. The van der Waals surface area contributed by atoms with E-state index in [-0.39, 0.29) is 43.0 Å². The fraction of sp³-hybridized carbons (Fsp3) is 0.513. The number of benzene rings is 1. The van der Waals surface area contributed by atoms with E-state index in [2.05, 4.69) is 27.3 Å². The summed E-state index contributed by atoms with van der Waals surface area (Å²) in [4.78, 5) is 96.2. The van der Waals surface area contributed by atoms with E-state index >= 15 is 0 Å². The number of carbonyl (C=O) groups is 7. The van der Waals surface area contributed by atoms with Crippen LogP contribution in [-0.4, -0.2) is 107 Å². The molecular weight excluding hydrogens is 796 g/mol. The van der Waals surface area contributed by atoms with E-state index < -0.39 is 111 Å². The van der Waals surface area contributed by atoms with Crippen molar-refractivity contribution in [2.24, 2.45) is 5.92 Å². The fourth-order valence-electron chi connectivity index (χ4n) is 7.14. The number of hydrogen-bond donors (Lipinski definition) is 4. The van der Waals surface area contributed by atoms with Crippen LogP contribution in [0.2, 0.25) is 0 Å². The Balaban J connectivity index is 1.26. The number of ketones is 1. The van der Waals surface area contributed by atoms with Gasteiger partial charge in [0, 0.05) is 44.0 Å². The molecule has 5 atom stereocenters. The summed E-state index contributed by atoms with van der Waals surface area (Å²) in [6.45, 7) is 10.2. The Morgan fingerprint density at radius 3 is 2.42 bits per heavy atom. The minimum Gasteiger partial charge on any atom is -0.457 e. The Hall–Kier alpha value is -5.79. The zero-order valence-corrected chi connectivity index (χ0v) is 34.0. The van der Waals surface area contributed by atoms with Crippen molar-refractivity contribution in [3.8, 4) is 0 Å². The van der Waals surface area contributed by atoms with Crippen LogP contribution in [0.25, 0.3) is 0 Å². The average Bonchev–Trinajstić information content (AvgIpc) is 3.98. The predicted molar refractivity (Wildman–Crippen MR) is 204 cm³/mol. The maximum Gasteiger partial charge on any atom is 0.410 e. The average molecular weight is 843 g/mol. The highest BCUT2D eigenvalue weighted by Crippen LogP contribution is 2.45. The van der Waals surface area contributed by atoms with E-state index in [9.17, 15) is 46.4 Å². The topological polar surface area (TPSA) is 240 Å². The predicted octanol–water partition coefficient (Wildman–Crippen LogP) is 2.34. The largest absolute Gasteiger partial charge is 0.457 e. The Labute approximate surface area is 339 Å². The number of carbonyl (C=O) groups excluding carboxylic acids is 7. The first-order valence-corrected chi connectivity index (χ1v) is 20.6. The van der Waals surface area contributed by atoms with Gasteiger partial charge >= 0.3 is 12.2 Å². The van der Waals surface area contributed by atoms with Gasteiger partial charge in [0.05, 0.1) is 23.9 Å². The number of ether oxygens (including phenoxy) is 2. The summed E-state index contributed by atoms with van der Waals surface area (Å²) in [5.41, 5.74) is -1.85. The first-order valence-electron chi connectivity index (χ1n) is 19.0. The van der Waals surface area contributed by atoms with E-state index in [4.69, 9.17) is 13.9 Å². The quantitative estimate of drug-likeness (QED) is 0.168. The van der Waals surface area contributed by atoms with E-state index in [1.165, 1.54) is 43.0 Å². The van der Waals surface area contributed by atoms with Crippen molar-refractivity contribution in [1.82, 2.24) is 30.5 Å². The first-order chi connectivity index (χ1) is 27.6. The highest BCUT2D eigenvalue weighted by Gasteiger charge is 2.62. The second kappa shape index (κ2) is 16.1. The molecule has 1 saturated heterocycles. The van der Waals surface area contributed by atoms with Crippen LogP contribution < -0.4 is 20.7 Å². The van der Waals surface area contributed by atoms with E-state index in [1.54, 1.807) is 26.8 Å². The summed E-state index contributed by atoms with van der Waals surface area (Å²) in [7, 11) is -4.01. The Bertz CT molecular complexity index is 2220. The SMILES string of the molecule is C=CC1C[C@]1(NC(=O)[C@@H]1C[C@@H](OC(=O)N2Cc3cccc(F)c3C2)CN1C(=O)[C@H](CNC(=O)c1cc(C(C)=O)oc1C)NC(=O)OC(C)(C)C)C(=O)NS(=O)(=O)C1CC1. The number of furan rings is 1. The maximum absolute atomic E-state index is 14.5. The molecule has 2 aliphatic heterocycles. The zero-order chi connectivity index (χ0) is 43.2. The molecule has 318 valence electrons. The molecule has 4 aliphatic rings. The Morgan fingerprint density at radius 2 is 1.83 bits per heavy atom. The van der Waals surface area contributed by atoms with Crippen molar-refractivity contribution >= 4 is 51.6 Å². The molecule has 0 spiro atoms. The summed E-state index contributed by atoms with van der Waals surface area (Å²) in [5.74, 6) is -5.12. The van der Waals surface area contributed by atoms with Crippen molar-refractivity contribution < 1.29 is 60.3 Å². The third-order valence-corrected chi connectivity index (χ3v) is 12.3. The molecule has 18 nitrogen and oxygen atoms in total. The summed E-state index contributed by atoms with van der Waals surface area (Å²) < 4.78 is 58.5. The molecule has 6 rings (SSSR count). The minimum absolute atomic E-state index is 0.00699. The highest BCUT2D eigenvalue weighted by atomic mass is 32.2. The van der Waals surface area contributed by atoms with Crippen molar-refractivity contribution in [2.45, 2.75) is 108 Å². The van der Waals surface area contributed by atoms with Crippen LogP contribution in [0, 0.1) is 18.7 Å². The zero-order valence-electron chi connectivity index (χ0n) is 33.2. The van der Waals surface area contributed by atoms with Gasteiger partial charge in [0.2, 0.25) is 21.8 Å². The van der Waals surface area contributed by atoms with Crippen molar-refractivity contribution in [2.75, 3.05) is 13.1 Å². The smallest absolute Gasteiger partial charge is 0.410 e. The lowest BCUT2D eigenvalue weighted by molar-refractivity contribution is -0.141. The first kappa shape index (κ1) is 42.8. The number of amides is 6. The third-order valence-electron chi connectivity index (χ3n) is 10.5. The van der Waals surface area contributed by atoms with Crippen LogP contribution in [0.4, 0.5) is 14.0 Å². The van der Waals surface area contributed by atoms with Crippen molar-refractivity contribution in [1.29, 1.82) is 0 Å². The molecule has 1 unspecified atom stereocenters. The third kappa shape index (κ3) is 9.42. The Kier molecular flexibility index (Phi) is 11.7. The number of sulfonamides is 1. The van der Waals surface area contributed by atoms with Gasteiger partial charge in [0.15, 0.2) is 11.5 Å².